The van der Waals surface area contributed by atoms with Crippen LogP contribution in [-0.2, 0) is 9.59 Å². The number of carbonyl (C=O) groups excluding carboxylic acids is 1. The lowest BCUT2D eigenvalue weighted by Gasteiger charge is -2.36. The van der Waals surface area contributed by atoms with Gasteiger partial charge in [0.2, 0.25) is 5.91 Å². The van der Waals surface area contributed by atoms with Crippen LogP contribution in [0, 0.1) is 5.92 Å². The maximum absolute atomic E-state index is 11.2. The predicted molar refractivity (Wildman–Crippen MR) is 69.0 cm³/mol. The Morgan fingerprint density at radius 3 is 2.61 bits per heavy atom. The van der Waals surface area contributed by atoms with E-state index in [1.54, 1.807) is 6.08 Å². The van der Waals surface area contributed by atoms with Crippen molar-refractivity contribution in [2.45, 2.75) is 39.2 Å². The molecule has 1 saturated heterocycles. The summed E-state index contributed by atoms with van der Waals surface area (Å²) in [7, 11) is 0. The molecule has 0 spiro atoms. The molecule has 1 heterocycles. The Labute approximate surface area is 108 Å². The number of carbonyl (C=O) groups is 2. The number of nitrogens with two attached hydrogens (primary N) is 1. The van der Waals surface area contributed by atoms with Crippen LogP contribution < -0.4 is 5.73 Å². The Kier molecular flexibility index (Phi) is 5.34. The van der Waals surface area contributed by atoms with Crippen molar-refractivity contribution in [1.29, 1.82) is 0 Å². The first kappa shape index (κ1) is 14.7. The molecule has 18 heavy (non-hydrogen) atoms. The zero-order valence-electron chi connectivity index (χ0n) is 11.1. The molecular formula is C13H22N2O3. The zero-order chi connectivity index (χ0) is 13.7. The molecule has 0 saturated carbocycles. The van der Waals surface area contributed by atoms with Crippen LogP contribution in [0.3, 0.4) is 0 Å². The number of carboxylic acids is 1. The Balaban J connectivity index is 2.64. The van der Waals surface area contributed by atoms with Crippen molar-refractivity contribution < 1.29 is 14.7 Å². The van der Waals surface area contributed by atoms with E-state index in [0.717, 1.165) is 12.8 Å². The summed E-state index contributed by atoms with van der Waals surface area (Å²) in [5, 5.41) is 8.95. The first-order chi connectivity index (χ1) is 8.45. The maximum Gasteiger partial charge on any atom is 0.331 e. The van der Waals surface area contributed by atoms with Crippen molar-refractivity contribution in [2.24, 2.45) is 11.7 Å². The number of likely N-dealkylation sites (tertiary alicyclic amines) is 1. The number of rotatable bonds is 5. The summed E-state index contributed by atoms with van der Waals surface area (Å²) in [6, 6.07) is 0.365. The van der Waals surface area contributed by atoms with E-state index in [1.807, 2.05) is 6.92 Å². The van der Waals surface area contributed by atoms with Crippen LogP contribution in [0.25, 0.3) is 0 Å². The van der Waals surface area contributed by atoms with Gasteiger partial charge in [-0.1, -0.05) is 13.0 Å². The monoisotopic (exact) mass is 254 g/mol. The summed E-state index contributed by atoms with van der Waals surface area (Å²) in [6.45, 7) is 5.12. The summed E-state index contributed by atoms with van der Waals surface area (Å²) in [4.78, 5) is 24.2. The second-order valence-corrected chi connectivity index (χ2v) is 4.87. The van der Waals surface area contributed by atoms with E-state index < -0.39 is 5.97 Å². The van der Waals surface area contributed by atoms with Gasteiger partial charge >= 0.3 is 5.97 Å². The lowest BCUT2D eigenvalue weighted by atomic mass is 9.93. The molecule has 2 atom stereocenters. The topological polar surface area (TPSA) is 83.6 Å². The van der Waals surface area contributed by atoms with E-state index in [1.165, 1.54) is 0 Å². The molecular weight excluding hydrogens is 232 g/mol. The lowest BCUT2D eigenvalue weighted by molar-refractivity contribution is -0.132. The molecule has 1 amide bonds. The summed E-state index contributed by atoms with van der Waals surface area (Å²) in [5.41, 5.74) is 5.75. The number of amides is 1. The quantitative estimate of drug-likeness (QED) is 0.717. The minimum atomic E-state index is -0.867. The third-order valence-corrected chi connectivity index (χ3v) is 3.64. The number of piperidine rings is 1. The van der Waals surface area contributed by atoms with Crippen molar-refractivity contribution in [3.63, 3.8) is 0 Å². The Morgan fingerprint density at radius 1 is 1.44 bits per heavy atom. The first-order valence-corrected chi connectivity index (χ1v) is 6.41. The molecule has 0 aromatic rings. The summed E-state index contributed by atoms with van der Waals surface area (Å²) in [6.07, 6.45) is 4.01. The van der Waals surface area contributed by atoms with Gasteiger partial charge in [-0.3, -0.25) is 9.69 Å². The van der Waals surface area contributed by atoms with E-state index in [9.17, 15) is 9.59 Å². The highest BCUT2D eigenvalue weighted by atomic mass is 16.4. The number of carboxylic acid groups (broad SMARTS) is 1. The van der Waals surface area contributed by atoms with Gasteiger partial charge in [0, 0.05) is 24.7 Å². The molecule has 2 unspecified atom stereocenters. The second-order valence-electron chi connectivity index (χ2n) is 4.87. The highest BCUT2D eigenvalue weighted by molar-refractivity contribution is 5.86. The molecule has 0 aromatic carbocycles. The summed E-state index contributed by atoms with van der Waals surface area (Å²) < 4.78 is 0. The van der Waals surface area contributed by atoms with Crippen LogP contribution in [0.2, 0.25) is 0 Å². The van der Waals surface area contributed by atoms with Crippen LogP contribution >= 0.6 is 0 Å². The summed E-state index contributed by atoms with van der Waals surface area (Å²) in [5.74, 6) is -1.23. The van der Waals surface area contributed by atoms with E-state index in [2.05, 4.69) is 11.8 Å². The van der Waals surface area contributed by atoms with E-state index >= 15 is 0 Å². The molecule has 102 valence electrons. The first-order valence-electron chi connectivity index (χ1n) is 6.41. The normalized spacial score (nSPS) is 26.0. The van der Waals surface area contributed by atoms with Crippen molar-refractivity contribution in [2.75, 3.05) is 13.1 Å². The van der Waals surface area contributed by atoms with Crippen molar-refractivity contribution >= 4 is 11.9 Å². The molecule has 0 bridgehead atoms. The zero-order valence-corrected chi connectivity index (χ0v) is 11.1. The van der Waals surface area contributed by atoms with E-state index in [-0.39, 0.29) is 11.8 Å². The molecule has 1 rings (SSSR count). The van der Waals surface area contributed by atoms with Gasteiger partial charge < -0.3 is 10.8 Å². The highest BCUT2D eigenvalue weighted by Gasteiger charge is 2.27. The number of hydrogen-bond donors (Lipinski definition) is 2. The van der Waals surface area contributed by atoms with Gasteiger partial charge in [-0.25, -0.2) is 4.79 Å². The SMILES string of the molecule is CCC(=CCN1CC(C(N)=O)CCC1C)C(=O)O. The average molecular weight is 254 g/mol. The number of hydrogen-bond acceptors (Lipinski definition) is 3. The van der Waals surface area contributed by atoms with Gasteiger partial charge in [0.25, 0.3) is 0 Å². The van der Waals surface area contributed by atoms with Crippen LogP contribution in [-0.4, -0.2) is 41.0 Å². The number of aliphatic carboxylic acids is 1. The van der Waals surface area contributed by atoms with Gasteiger partial charge in [-0.15, -0.1) is 0 Å². The van der Waals surface area contributed by atoms with Gasteiger partial charge in [-0.05, 0) is 26.2 Å². The minimum Gasteiger partial charge on any atom is -0.478 e. The van der Waals surface area contributed by atoms with Crippen molar-refractivity contribution in [3.05, 3.63) is 11.6 Å². The van der Waals surface area contributed by atoms with Crippen LogP contribution in [0.4, 0.5) is 0 Å². The minimum absolute atomic E-state index is 0.107. The van der Waals surface area contributed by atoms with Gasteiger partial charge in [0.15, 0.2) is 0 Å². The third kappa shape index (κ3) is 3.84. The molecule has 5 heteroatoms. The number of nitrogens with zero attached hydrogens (tertiary/aromatic N) is 1. The Bertz CT molecular complexity index is 352. The molecule has 3 N–H and O–H groups in total. The van der Waals surface area contributed by atoms with Crippen molar-refractivity contribution in [1.82, 2.24) is 4.90 Å². The van der Waals surface area contributed by atoms with Crippen LogP contribution in [0.5, 0.6) is 0 Å². The van der Waals surface area contributed by atoms with Gasteiger partial charge in [0.05, 0.1) is 5.92 Å². The smallest absolute Gasteiger partial charge is 0.331 e. The fraction of sp³-hybridized carbons (Fsp3) is 0.692. The maximum atomic E-state index is 11.2. The van der Waals surface area contributed by atoms with E-state index in [0.29, 0.717) is 31.1 Å². The molecule has 1 fully saturated rings. The molecule has 0 aromatic heterocycles. The largest absolute Gasteiger partial charge is 0.478 e. The average Bonchev–Trinajstić information content (AvgIpc) is 2.31. The number of primary amides is 1. The predicted octanol–water partition coefficient (Wildman–Crippen LogP) is 0.993. The molecule has 0 aliphatic carbocycles. The molecule has 0 radical (unpaired) electrons. The van der Waals surface area contributed by atoms with Crippen molar-refractivity contribution in [3.8, 4) is 0 Å². The van der Waals surface area contributed by atoms with E-state index in [4.69, 9.17) is 10.8 Å². The molecule has 5 nitrogen and oxygen atoms in total. The van der Waals surface area contributed by atoms with Gasteiger partial charge in [0.1, 0.15) is 0 Å². The fourth-order valence-electron chi connectivity index (χ4n) is 2.28. The summed E-state index contributed by atoms with van der Waals surface area (Å²) >= 11 is 0. The Hall–Kier alpha value is -1.36. The van der Waals surface area contributed by atoms with Gasteiger partial charge in [-0.2, -0.15) is 0 Å². The lowest BCUT2D eigenvalue weighted by Crippen LogP contribution is -2.45. The van der Waals surface area contributed by atoms with Crippen LogP contribution in [0.15, 0.2) is 11.6 Å². The third-order valence-electron chi connectivity index (χ3n) is 3.64. The Morgan fingerprint density at radius 2 is 2.11 bits per heavy atom. The van der Waals surface area contributed by atoms with Crippen LogP contribution in [0.1, 0.15) is 33.1 Å². The highest BCUT2D eigenvalue weighted by Crippen LogP contribution is 2.21. The fourth-order valence-corrected chi connectivity index (χ4v) is 2.28. The molecule has 1 aliphatic rings. The molecule has 1 aliphatic heterocycles. The second kappa shape index (κ2) is 6.54. The standard InChI is InChI=1S/C13H22N2O3/c1-3-10(13(17)18)6-7-15-8-11(12(14)16)5-4-9(15)2/h6,9,11H,3-5,7-8H2,1-2H3,(H2,14,16)(H,17,18).